The van der Waals surface area contributed by atoms with Gasteiger partial charge in [0.15, 0.2) is 0 Å². The first-order valence-electron chi connectivity index (χ1n) is 9.66. The van der Waals surface area contributed by atoms with E-state index in [1.165, 1.54) is 30.7 Å². The second kappa shape index (κ2) is 6.60. The predicted octanol–water partition coefficient (Wildman–Crippen LogP) is 4.07. The summed E-state index contributed by atoms with van der Waals surface area (Å²) >= 11 is 0. The molecule has 2 aromatic carbocycles. The molecule has 5 rings (SSSR count). The smallest absolute Gasteiger partial charge is 0.227 e. The highest BCUT2D eigenvalue weighted by Crippen LogP contribution is 2.37. The van der Waals surface area contributed by atoms with Gasteiger partial charge < -0.3 is 9.80 Å². The summed E-state index contributed by atoms with van der Waals surface area (Å²) < 4.78 is 0. The van der Waals surface area contributed by atoms with Gasteiger partial charge in [0.05, 0.1) is 5.69 Å². The van der Waals surface area contributed by atoms with Gasteiger partial charge in [0.25, 0.3) is 0 Å². The zero-order valence-electron chi connectivity index (χ0n) is 15.0. The van der Waals surface area contributed by atoms with Gasteiger partial charge in [-0.25, -0.2) is 4.99 Å². The van der Waals surface area contributed by atoms with Crippen molar-refractivity contribution in [2.45, 2.75) is 31.8 Å². The number of benzene rings is 2. The number of nitrogens with zero attached hydrogens (tertiary/aromatic N) is 4. The molecule has 0 bridgehead atoms. The van der Waals surface area contributed by atoms with E-state index >= 15 is 0 Å². The minimum absolute atomic E-state index is 0.566. The van der Waals surface area contributed by atoms with Crippen LogP contribution in [-0.4, -0.2) is 40.7 Å². The Bertz CT molecular complexity index is 828. The van der Waals surface area contributed by atoms with Crippen molar-refractivity contribution < 1.29 is 0 Å². The van der Waals surface area contributed by atoms with Gasteiger partial charge in [-0.2, -0.15) is 4.99 Å². The van der Waals surface area contributed by atoms with Gasteiger partial charge in [0, 0.05) is 31.6 Å². The SMILES string of the molecule is c1ccc(CN2CCC3C2=NC(=Nc2ccccc2)N2CCCC32)cc1. The number of hydrogen-bond donors (Lipinski definition) is 0. The third-order valence-corrected chi connectivity index (χ3v) is 5.80. The van der Waals surface area contributed by atoms with Crippen LogP contribution in [0.4, 0.5) is 5.69 Å². The molecule has 2 saturated heterocycles. The molecular formula is C22H24N4. The molecule has 0 spiro atoms. The summed E-state index contributed by atoms with van der Waals surface area (Å²) in [4.78, 5) is 14.9. The molecule has 3 aliphatic rings. The molecule has 3 aliphatic heterocycles. The van der Waals surface area contributed by atoms with Crippen molar-refractivity contribution in [2.24, 2.45) is 15.9 Å². The average Bonchev–Trinajstić information content (AvgIpc) is 3.31. The Morgan fingerprint density at radius 3 is 2.50 bits per heavy atom. The van der Waals surface area contributed by atoms with Crippen LogP contribution in [0.25, 0.3) is 0 Å². The quantitative estimate of drug-likeness (QED) is 0.840. The largest absolute Gasteiger partial charge is 0.355 e. The maximum atomic E-state index is 5.08. The summed E-state index contributed by atoms with van der Waals surface area (Å²) in [5.74, 6) is 2.73. The summed E-state index contributed by atoms with van der Waals surface area (Å²) in [7, 11) is 0. The third-order valence-electron chi connectivity index (χ3n) is 5.80. The molecule has 0 aromatic heterocycles. The molecule has 0 aliphatic carbocycles. The molecule has 0 radical (unpaired) electrons. The van der Waals surface area contributed by atoms with E-state index in [9.17, 15) is 0 Å². The summed E-state index contributed by atoms with van der Waals surface area (Å²) in [5.41, 5.74) is 2.34. The minimum Gasteiger partial charge on any atom is -0.355 e. The highest BCUT2D eigenvalue weighted by Gasteiger charge is 2.44. The molecule has 0 N–H and O–H groups in total. The van der Waals surface area contributed by atoms with E-state index in [4.69, 9.17) is 9.98 Å². The van der Waals surface area contributed by atoms with E-state index in [-0.39, 0.29) is 0 Å². The van der Waals surface area contributed by atoms with Crippen LogP contribution >= 0.6 is 0 Å². The van der Waals surface area contributed by atoms with Crippen LogP contribution in [0.3, 0.4) is 0 Å². The molecule has 4 nitrogen and oxygen atoms in total. The maximum Gasteiger partial charge on any atom is 0.227 e. The van der Waals surface area contributed by atoms with Crippen LogP contribution in [0.1, 0.15) is 24.8 Å². The van der Waals surface area contributed by atoms with Gasteiger partial charge in [0.1, 0.15) is 5.84 Å². The fourth-order valence-electron chi connectivity index (χ4n) is 4.59. The molecule has 2 aromatic rings. The van der Waals surface area contributed by atoms with Crippen molar-refractivity contribution in [3.63, 3.8) is 0 Å². The molecule has 2 fully saturated rings. The normalized spacial score (nSPS) is 26.0. The van der Waals surface area contributed by atoms with Gasteiger partial charge in [-0.1, -0.05) is 48.5 Å². The van der Waals surface area contributed by atoms with Gasteiger partial charge in [-0.05, 0) is 37.0 Å². The van der Waals surface area contributed by atoms with E-state index in [2.05, 4.69) is 52.3 Å². The lowest BCUT2D eigenvalue weighted by atomic mass is 9.94. The first-order valence-corrected chi connectivity index (χ1v) is 9.66. The number of rotatable bonds is 3. The van der Waals surface area contributed by atoms with E-state index in [1.807, 2.05) is 18.2 Å². The number of amidine groups is 1. The molecule has 132 valence electrons. The zero-order valence-corrected chi connectivity index (χ0v) is 15.0. The fourth-order valence-corrected chi connectivity index (χ4v) is 4.59. The number of likely N-dealkylation sites (tertiary alicyclic amines) is 1. The lowest BCUT2D eigenvalue weighted by Gasteiger charge is -2.36. The van der Waals surface area contributed by atoms with Crippen molar-refractivity contribution >= 4 is 17.5 Å². The molecule has 0 amide bonds. The Hall–Kier alpha value is -2.62. The van der Waals surface area contributed by atoms with Crippen LogP contribution in [0.5, 0.6) is 0 Å². The molecular weight excluding hydrogens is 320 g/mol. The number of fused-ring (bicyclic) bond motifs is 3. The molecule has 2 atom stereocenters. The van der Waals surface area contributed by atoms with Crippen LogP contribution in [0.15, 0.2) is 70.6 Å². The molecule has 2 unspecified atom stereocenters. The van der Waals surface area contributed by atoms with E-state index in [0.29, 0.717) is 12.0 Å². The van der Waals surface area contributed by atoms with Crippen molar-refractivity contribution in [3.8, 4) is 0 Å². The van der Waals surface area contributed by atoms with Crippen LogP contribution < -0.4 is 0 Å². The average molecular weight is 344 g/mol. The Morgan fingerprint density at radius 2 is 1.69 bits per heavy atom. The van der Waals surface area contributed by atoms with E-state index in [0.717, 1.165) is 31.3 Å². The minimum atomic E-state index is 0.566. The standard InChI is InChI=1S/C22H24N4/c1-3-8-17(9-4-1)16-25-15-13-19-20-12-7-14-26(20)22(24-21(19)25)23-18-10-5-2-6-11-18/h1-6,8-11,19-20H,7,12-16H2. The monoisotopic (exact) mass is 344 g/mol. The Kier molecular flexibility index (Phi) is 3.96. The Labute approximate surface area is 154 Å². The topological polar surface area (TPSA) is 31.2 Å². The highest BCUT2D eigenvalue weighted by atomic mass is 15.4. The van der Waals surface area contributed by atoms with Crippen LogP contribution in [0, 0.1) is 5.92 Å². The van der Waals surface area contributed by atoms with Crippen molar-refractivity contribution in [2.75, 3.05) is 13.1 Å². The summed E-state index contributed by atoms with van der Waals surface area (Å²) in [6, 6.07) is 21.5. The summed E-state index contributed by atoms with van der Waals surface area (Å²) in [6.07, 6.45) is 3.72. The molecule has 4 heteroatoms. The number of hydrogen-bond acceptors (Lipinski definition) is 2. The summed E-state index contributed by atoms with van der Waals surface area (Å²) in [6.45, 7) is 3.13. The number of aliphatic imine (C=N–C) groups is 2. The first kappa shape index (κ1) is 15.6. The van der Waals surface area contributed by atoms with Crippen molar-refractivity contribution in [1.29, 1.82) is 0 Å². The molecule has 0 saturated carbocycles. The van der Waals surface area contributed by atoms with Gasteiger partial charge in [-0.3, -0.25) is 0 Å². The van der Waals surface area contributed by atoms with Crippen molar-refractivity contribution in [3.05, 3.63) is 66.2 Å². The van der Waals surface area contributed by atoms with Gasteiger partial charge in [0.2, 0.25) is 5.96 Å². The maximum absolute atomic E-state index is 5.08. The summed E-state index contributed by atoms with van der Waals surface area (Å²) in [5, 5.41) is 0. The van der Waals surface area contributed by atoms with Gasteiger partial charge in [-0.15, -0.1) is 0 Å². The first-order chi connectivity index (χ1) is 12.9. The predicted molar refractivity (Wildman–Crippen MR) is 106 cm³/mol. The number of para-hydroxylation sites is 1. The Balaban J connectivity index is 1.49. The lowest BCUT2D eigenvalue weighted by Crippen LogP contribution is -2.47. The third kappa shape index (κ3) is 2.79. The zero-order chi connectivity index (χ0) is 17.3. The molecule has 26 heavy (non-hydrogen) atoms. The van der Waals surface area contributed by atoms with Gasteiger partial charge >= 0.3 is 0 Å². The second-order valence-corrected chi connectivity index (χ2v) is 7.42. The molecule has 3 heterocycles. The van der Waals surface area contributed by atoms with E-state index < -0.39 is 0 Å². The number of guanidine groups is 1. The fraction of sp³-hybridized carbons (Fsp3) is 0.364. The second-order valence-electron chi connectivity index (χ2n) is 7.42. The highest BCUT2D eigenvalue weighted by molar-refractivity contribution is 6.02. The van der Waals surface area contributed by atoms with Crippen LogP contribution in [-0.2, 0) is 6.54 Å². The van der Waals surface area contributed by atoms with Crippen molar-refractivity contribution in [1.82, 2.24) is 9.80 Å². The lowest BCUT2D eigenvalue weighted by molar-refractivity contribution is 0.318. The van der Waals surface area contributed by atoms with Crippen LogP contribution in [0.2, 0.25) is 0 Å². The van der Waals surface area contributed by atoms with E-state index in [1.54, 1.807) is 0 Å². The Morgan fingerprint density at radius 1 is 0.923 bits per heavy atom.